The second-order valence-corrected chi connectivity index (χ2v) is 9.59. The van der Waals surface area contributed by atoms with E-state index >= 15 is 0 Å². The molecule has 1 heterocycles. The Morgan fingerprint density at radius 3 is 2.19 bits per heavy atom. The third kappa shape index (κ3) is 5.50. The Morgan fingerprint density at radius 2 is 1.59 bits per heavy atom. The second kappa shape index (κ2) is 9.91. The maximum Gasteiger partial charge on any atom is 0.339 e. The number of benzene rings is 2. The summed E-state index contributed by atoms with van der Waals surface area (Å²) < 4.78 is 28.6. The van der Waals surface area contributed by atoms with Crippen LogP contribution in [0.4, 0.5) is 0 Å². The molecule has 0 radical (unpaired) electrons. The zero-order chi connectivity index (χ0) is 23.3. The van der Waals surface area contributed by atoms with Crippen LogP contribution in [0.25, 0.3) is 11.1 Å². The molecule has 0 saturated heterocycles. The third-order valence-electron chi connectivity index (χ3n) is 5.13. The molecule has 168 valence electrons. The summed E-state index contributed by atoms with van der Waals surface area (Å²) in [6.45, 7) is 2.63. The third-order valence-corrected chi connectivity index (χ3v) is 6.26. The Hall–Kier alpha value is -3.26. The molecule has 1 N–H and O–H groups in total. The van der Waals surface area contributed by atoms with Gasteiger partial charge in [0.15, 0.2) is 15.6 Å². The highest BCUT2D eigenvalue weighted by molar-refractivity contribution is 7.90. The smallest absolute Gasteiger partial charge is 0.339 e. The van der Waals surface area contributed by atoms with Crippen LogP contribution in [0.2, 0.25) is 0 Å². The topological polar surface area (TPSA) is 107 Å². The number of ether oxygens (including phenoxy) is 1. The van der Waals surface area contributed by atoms with Crippen molar-refractivity contribution >= 4 is 38.6 Å². The maximum atomic E-state index is 12.4. The molecule has 0 bridgehead atoms. The SMILES string of the molecule is CCCNC(=O)CCC(=O)c1ccc(C2=C(c3ccc(S(C)(=O)=O)cc3)COC2=O)cc1. The Bertz CT molecular complexity index is 1160. The number of amides is 1. The number of cyclic esters (lactones) is 1. The second-order valence-electron chi connectivity index (χ2n) is 7.58. The first kappa shape index (κ1) is 23.4. The number of rotatable bonds is 9. The lowest BCUT2D eigenvalue weighted by atomic mass is 9.95. The molecule has 1 aliphatic heterocycles. The predicted molar refractivity (Wildman–Crippen MR) is 121 cm³/mol. The molecule has 2 aromatic rings. The first-order valence-electron chi connectivity index (χ1n) is 10.3. The highest BCUT2D eigenvalue weighted by Crippen LogP contribution is 2.33. The average Bonchev–Trinajstić information content (AvgIpc) is 3.17. The minimum atomic E-state index is -3.32. The maximum absolute atomic E-state index is 12.4. The summed E-state index contributed by atoms with van der Waals surface area (Å²) in [4.78, 5) is 36.7. The Balaban J connectivity index is 1.79. The summed E-state index contributed by atoms with van der Waals surface area (Å²) in [6.07, 6.45) is 2.21. The molecule has 1 amide bonds. The fourth-order valence-corrected chi connectivity index (χ4v) is 4.01. The fraction of sp³-hybridized carbons (Fsp3) is 0.292. The Kier molecular flexibility index (Phi) is 7.25. The molecule has 3 rings (SSSR count). The highest BCUT2D eigenvalue weighted by atomic mass is 32.2. The van der Waals surface area contributed by atoms with Crippen molar-refractivity contribution in [3.05, 3.63) is 65.2 Å². The quantitative estimate of drug-likeness (QED) is 0.460. The zero-order valence-corrected chi connectivity index (χ0v) is 18.8. The summed E-state index contributed by atoms with van der Waals surface area (Å²) in [5, 5.41) is 2.74. The molecule has 8 heteroatoms. The Morgan fingerprint density at radius 1 is 0.969 bits per heavy atom. The number of sulfone groups is 1. The molecule has 0 aliphatic carbocycles. The molecule has 0 fully saturated rings. The number of carbonyl (C=O) groups is 3. The van der Waals surface area contributed by atoms with Gasteiger partial charge in [-0.3, -0.25) is 9.59 Å². The van der Waals surface area contributed by atoms with Crippen molar-refractivity contribution in [1.29, 1.82) is 0 Å². The van der Waals surface area contributed by atoms with Crippen LogP contribution in [0.1, 0.15) is 47.7 Å². The van der Waals surface area contributed by atoms with Gasteiger partial charge in [-0.15, -0.1) is 0 Å². The van der Waals surface area contributed by atoms with Gasteiger partial charge in [0.05, 0.1) is 10.5 Å². The van der Waals surface area contributed by atoms with E-state index in [0.717, 1.165) is 12.7 Å². The van der Waals surface area contributed by atoms with E-state index in [-0.39, 0.29) is 36.0 Å². The van der Waals surface area contributed by atoms with Gasteiger partial charge in [0.1, 0.15) is 6.61 Å². The first-order valence-corrected chi connectivity index (χ1v) is 12.2. The molecule has 0 spiro atoms. The van der Waals surface area contributed by atoms with Gasteiger partial charge in [0.2, 0.25) is 5.91 Å². The molecular weight excluding hydrogens is 430 g/mol. The highest BCUT2D eigenvalue weighted by Gasteiger charge is 2.27. The van der Waals surface area contributed by atoms with Crippen molar-refractivity contribution in [1.82, 2.24) is 5.32 Å². The molecule has 32 heavy (non-hydrogen) atoms. The van der Waals surface area contributed by atoms with Crippen molar-refractivity contribution in [3.8, 4) is 0 Å². The fourth-order valence-electron chi connectivity index (χ4n) is 3.38. The van der Waals surface area contributed by atoms with Crippen LogP contribution in [-0.2, 0) is 24.2 Å². The molecule has 0 saturated carbocycles. The van der Waals surface area contributed by atoms with Gasteiger partial charge in [-0.25, -0.2) is 13.2 Å². The lowest BCUT2D eigenvalue weighted by Gasteiger charge is -2.07. The number of hydrogen-bond acceptors (Lipinski definition) is 6. The molecule has 0 aromatic heterocycles. The summed E-state index contributed by atoms with van der Waals surface area (Å²) >= 11 is 0. The van der Waals surface area contributed by atoms with Gasteiger partial charge in [-0.05, 0) is 29.7 Å². The molecule has 2 aromatic carbocycles. The van der Waals surface area contributed by atoms with E-state index in [1.807, 2.05) is 6.92 Å². The van der Waals surface area contributed by atoms with Crippen molar-refractivity contribution < 1.29 is 27.5 Å². The van der Waals surface area contributed by atoms with E-state index in [1.54, 1.807) is 36.4 Å². The van der Waals surface area contributed by atoms with Crippen molar-refractivity contribution in [2.45, 2.75) is 31.1 Å². The van der Waals surface area contributed by atoms with Crippen LogP contribution in [-0.4, -0.2) is 45.5 Å². The molecule has 1 aliphatic rings. The van der Waals surface area contributed by atoms with E-state index in [2.05, 4.69) is 5.32 Å². The Labute approximate surface area is 187 Å². The van der Waals surface area contributed by atoms with E-state index in [1.165, 1.54) is 12.1 Å². The van der Waals surface area contributed by atoms with Gasteiger partial charge in [-0.1, -0.05) is 43.3 Å². The number of nitrogens with one attached hydrogen (secondary N) is 1. The van der Waals surface area contributed by atoms with Gasteiger partial charge in [-0.2, -0.15) is 0 Å². The number of carbonyl (C=O) groups excluding carboxylic acids is 3. The number of hydrogen-bond donors (Lipinski definition) is 1. The summed E-state index contributed by atoms with van der Waals surface area (Å²) in [7, 11) is -3.32. The standard InChI is InChI=1S/C24H25NO6S/c1-3-14-25-22(27)13-12-21(26)17-4-6-18(7-5-17)23-20(15-31-24(23)28)16-8-10-19(11-9-16)32(2,29)30/h4-11H,3,12-15H2,1-2H3,(H,25,27). The number of esters is 1. The van der Waals surface area contributed by atoms with Gasteiger partial charge >= 0.3 is 5.97 Å². The van der Waals surface area contributed by atoms with Gasteiger partial charge < -0.3 is 10.1 Å². The van der Waals surface area contributed by atoms with Gasteiger partial charge in [0.25, 0.3) is 0 Å². The summed E-state index contributed by atoms with van der Waals surface area (Å²) in [5.74, 6) is -0.774. The molecule has 0 unspecified atom stereocenters. The van der Waals surface area contributed by atoms with Crippen LogP contribution in [0, 0.1) is 0 Å². The number of ketones is 1. The molecular formula is C24H25NO6S. The summed E-state index contributed by atoms with van der Waals surface area (Å²) in [6, 6.07) is 12.9. The largest absolute Gasteiger partial charge is 0.457 e. The first-order chi connectivity index (χ1) is 15.2. The van der Waals surface area contributed by atoms with Crippen molar-refractivity contribution in [2.75, 3.05) is 19.4 Å². The van der Waals surface area contributed by atoms with Gasteiger partial charge in [0, 0.05) is 36.8 Å². The van der Waals surface area contributed by atoms with Crippen LogP contribution >= 0.6 is 0 Å². The van der Waals surface area contributed by atoms with Crippen LogP contribution in [0.15, 0.2) is 53.4 Å². The van der Waals surface area contributed by atoms with Crippen LogP contribution < -0.4 is 5.32 Å². The average molecular weight is 456 g/mol. The zero-order valence-electron chi connectivity index (χ0n) is 18.0. The minimum absolute atomic E-state index is 0.0833. The number of Topliss-reactive ketones (excluding diaryl/α,β-unsaturated/α-hetero) is 1. The van der Waals surface area contributed by atoms with E-state index in [9.17, 15) is 22.8 Å². The van der Waals surface area contributed by atoms with Crippen LogP contribution in [0.3, 0.4) is 0 Å². The minimum Gasteiger partial charge on any atom is -0.457 e. The van der Waals surface area contributed by atoms with Crippen molar-refractivity contribution in [2.24, 2.45) is 0 Å². The normalized spacial score (nSPS) is 13.8. The van der Waals surface area contributed by atoms with E-state index in [4.69, 9.17) is 4.74 Å². The predicted octanol–water partition coefficient (Wildman–Crippen LogP) is 3.05. The molecule has 7 nitrogen and oxygen atoms in total. The summed E-state index contributed by atoms with van der Waals surface area (Å²) in [5.41, 5.74) is 2.79. The lowest BCUT2D eigenvalue weighted by Crippen LogP contribution is -2.24. The van der Waals surface area contributed by atoms with E-state index < -0.39 is 15.8 Å². The monoisotopic (exact) mass is 455 g/mol. The van der Waals surface area contributed by atoms with Crippen LogP contribution in [0.5, 0.6) is 0 Å². The van der Waals surface area contributed by atoms with Crippen molar-refractivity contribution in [3.63, 3.8) is 0 Å². The van der Waals surface area contributed by atoms with E-state index in [0.29, 0.717) is 34.4 Å². The molecule has 0 atom stereocenters. The lowest BCUT2D eigenvalue weighted by molar-refractivity contribution is -0.133.